The maximum Gasteiger partial charge on any atom is 0.0779 e. The van der Waals surface area contributed by atoms with Crippen LogP contribution in [0.3, 0.4) is 0 Å². The Morgan fingerprint density at radius 1 is 0.500 bits per heavy atom. The molecule has 8 aromatic rings. The first kappa shape index (κ1) is 24.9. The highest BCUT2D eigenvalue weighted by Crippen LogP contribution is 2.47. The standard InChI is InChI=1S/C42H30N2/c1-3-15-30(16-4-1)43(41-28-38-32-19-8-7-14-29(32)26-27-34(38)33-20-9-10-21-35(33)41)40-25-13-23-37-36-22-11-12-24-39(36)44(42(37)40)31-17-5-2-6-18-31/h1-5,7-17,19-28H,6,18H2. The van der Waals surface area contributed by atoms with E-state index in [1.165, 1.54) is 71.2 Å². The van der Waals surface area contributed by atoms with Gasteiger partial charge in [0, 0.05) is 27.5 Å². The van der Waals surface area contributed by atoms with Crippen molar-refractivity contribution in [1.29, 1.82) is 0 Å². The molecule has 0 radical (unpaired) electrons. The predicted molar refractivity (Wildman–Crippen MR) is 189 cm³/mol. The fourth-order valence-electron chi connectivity index (χ4n) is 7.27. The predicted octanol–water partition coefficient (Wildman–Crippen LogP) is 11.9. The van der Waals surface area contributed by atoms with Crippen LogP contribution in [0.15, 0.2) is 158 Å². The molecule has 0 aliphatic heterocycles. The number of rotatable bonds is 4. The molecule has 0 atom stereocenters. The van der Waals surface area contributed by atoms with E-state index in [0.29, 0.717) is 0 Å². The monoisotopic (exact) mass is 562 g/mol. The van der Waals surface area contributed by atoms with Crippen molar-refractivity contribution >= 4 is 76.9 Å². The summed E-state index contributed by atoms with van der Waals surface area (Å²) in [5, 5.41) is 10.1. The van der Waals surface area contributed by atoms with Crippen LogP contribution >= 0.6 is 0 Å². The highest BCUT2D eigenvalue weighted by atomic mass is 15.2. The Morgan fingerprint density at radius 3 is 2.05 bits per heavy atom. The molecule has 208 valence electrons. The van der Waals surface area contributed by atoms with Gasteiger partial charge in [0.25, 0.3) is 0 Å². The van der Waals surface area contributed by atoms with Crippen LogP contribution in [0.1, 0.15) is 12.8 Å². The van der Waals surface area contributed by atoms with Crippen molar-refractivity contribution < 1.29 is 0 Å². The second-order valence-electron chi connectivity index (χ2n) is 11.6. The zero-order valence-corrected chi connectivity index (χ0v) is 24.3. The summed E-state index contributed by atoms with van der Waals surface area (Å²) >= 11 is 0. The van der Waals surface area contributed by atoms with Gasteiger partial charge in [0.05, 0.1) is 22.4 Å². The summed E-state index contributed by atoms with van der Waals surface area (Å²) in [5.41, 5.74) is 7.30. The number of fused-ring (bicyclic) bond motifs is 8. The minimum absolute atomic E-state index is 1.01. The number of allylic oxidation sites excluding steroid dienone is 4. The largest absolute Gasteiger partial charge is 0.311 e. The first-order chi connectivity index (χ1) is 21.9. The maximum atomic E-state index is 2.51. The van der Waals surface area contributed by atoms with Gasteiger partial charge in [-0.25, -0.2) is 0 Å². The molecule has 0 unspecified atom stereocenters. The van der Waals surface area contributed by atoms with E-state index >= 15 is 0 Å². The highest BCUT2D eigenvalue weighted by Gasteiger charge is 2.24. The van der Waals surface area contributed by atoms with Gasteiger partial charge in [-0.1, -0.05) is 121 Å². The van der Waals surface area contributed by atoms with Crippen molar-refractivity contribution in [3.8, 4) is 0 Å². The average Bonchev–Trinajstić information content (AvgIpc) is 3.44. The van der Waals surface area contributed by atoms with E-state index in [0.717, 1.165) is 18.5 Å². The molecule has 1 aliphatic carbocycles. The van der Waals surface area contributed by atoms with Crippen molar-refractivity contribution in [2.75, 3.05) is 4.90 Å². The molecule has 9 rings (SSSR count). The molecule has 0 fully saturated rings. The molecular weight excluding hydrogens is 532 g/mol. The number of benzene rings is 7. The molecule has 7 aromatic carbocycles. The Balaban J connectivity index is 1.45. The lowest BCUT2D eigenvalue weighted by Gasteiger charge is -2.29. The van der Waals surface area contributed by atoms with E-state index in [4.69, 9.17) is 0 Å². The van der Waals surface area contributed by atoms with E-state index in [1.807, 2.05) is 0 Å². The first-order valence-corrected chi connectivity index (χ1v) is 15.4. The van der Waals surface area contributed by atoms with Gasteiger partial charge in [0.1, 0.15) is 0 Å². The van der Waals surface area contributed by atoms with Gasteiger partial charge in [-0.05, 0) is 76.2 Å². The summed E-state index contributed by atoms with van der Waals surface area (Å²) in [6.07, 6.45) is 8.82. The van der Waals surface area contributed by atoms with E-state index in [-0.39, 0.29) is 0 Å². The van der Waals surface area contributed by atoms with E-state index in [1.54, 1.807) is 0 Å². The summed E-state index contributed by atoms with van der Waals surface area (Å²) in [5.74, 6) is 0. The van der Waals surface area contributed by atoms with Gasteiger partial charge in [0.15, 0.2) is 0 Å². The molecule has 2 heteroatoms. The van der Waals surface area contributed by atoms with Crippen LogP contribution in [-0.2, 0) is 0 Å². The second-order valence-corrected chi connectivity index (χ2v) is 11.6. The Kier molecular flexibility index (Phi) is 5.67. The zero-order chi connectivity index (χ0) is 29.0. The van der Waals surface area contributed by atoms with Gasteiger partial charge < -0.3 is 9.47 Å². The maximum absolute atomic E-state index is 2.51. The third kappa shape index (κ3) is 3.74. The lowest BCUT2D eigenvalue weighted by Crippen LogP contribution is -2.12. The van der Waals surface area contributed by atoms with Crippen LogP contribution in [0.4, 0.5) is 17.1 Å². The van der Waals surface area contributed by atoms with Crippen LogP contribution in [0, 0.1) is 0 Å². The molecular formula is C42H30N2. The van der Waals surface area contributed by atoms with Gasteiger partial charge in [-0.2, -0.15) is 0 Å². The number of para-hydroxylation sites is 3. The van der Waals surface area contributed by atoms with E-state index in [9.17, 15) is 0 Å². The van der Waals surface area contributed by atoms with Crippen molar-refractivity contribution in [1.82, 2.24) is 4.57 Å². The van der Waals surface area contributed by atoms with Gasteiger partial charge in [0.2, 0.25) is 0 Å². The molecule has 0 amide bonds. The quantitative estimate of drug-likeness (QED) is 0.194. The molecule has 2 nitrogen and oxygen atoms in total. The molecule has 1 aromatic heterocycles. The lowest BCUT2D eigenvalue weighted by atomic mass is 9.95. The molecule has 0 spiro atoms. The van der Waals surface area contributed by atoms with Crippen LogP contribution < -0.4 is 4.90 Å². The molecule has 0 saturated carbocycles. The highest BCUT2D eigenvalue weighted by molar-refractivity contribution is 6.22. The summed E-state index contributed by atoms with van der Waals surface area (Å²) in [6, 6.07) is 51.1. The van der Waals surface area contributed by atoms with E-state index in [2.05, 4.69) is 167 Å². The fourth-order valence-corrected chi connectivity index (χ4v) is 7.27. The number of nitrogens with zero attached hydrogens (tertiary/aromatic N) is 2. The molecule has 1 aliphatic rings. The lowest BCUT2D eigenvalue weighted by molar-refractivity contribution is 0.978. The number of hydrogen-bond donors (Lipinski definition) is 0. The molecule has 0 bridgehead atoms. The normalized spacial score (nSPS) is 13.3. The van der Waals surface area contributed by atoms with Crippen LogP contribution in [0.25, 0.3) is 59.8 Å². The van der Waals surface area contributed by atoms with Crippen LogP contribution in [0.2, 0.25) is 0 Å². The zero-order valence-electron chi connectivity index (χ0n) is 24.3. The second kappa shape index (κ2) is 10.00. The molecule has 0 saturated heterocycles. The SMILES string of the molecule is C1=CCCC(n2c3ccccc3c3cccc(N(c4ccccc4)c4cc5c6ccccc6ccc5c5ccccc45)c32)=C1. The number of aromatic nitrogens is 1. The Bertz CT molecular complexity index is 2440. The smallest absolute Gasteiger partial charge is 0.0779 e. The summed E-state index contributed by atoms with van der Waals surface area (Å²) in [7, 11) is 0. The number of hydrogen-bond acceptors (Lipinski definition) is 1. The molecule has 44 heavy (non-hydrogen) atoms. The van der Waals surface area contributed by atoms with Crippen molar-refractivity contribution in [3.05, 3.63) is 158 Å². The van der Waals surface area contributed by atoms with Crippen molar-refractivity contribution in [2.45, 2.75) is 12.8 Å². The minimum atomic E-state index is 1.01. The summed E-state index contributed by atoms with van der Waals surface area (Å²) < 4.78 is 2.51. The Labute approximate surface area is 256 Å². The van der Waals surface area contributed by atoms with Gasteiger partial charge in [-0.15, -0.1) is 0 Å². The van der Waals surface area contributed by atoms with Crippen LogP contribution in [0.5, 0.6) is 0 Å². The summed E-state index contributed by atoms with van der Waals surface area (Å²) in [6.45, 7) is 0. The third-order valence-electron chi connectivity index (χ3n) is 9.19. The average molecular weight is 563 g/mol. The Morgan fingerprint density at radius 2 is 1.20 bits per heavy atom. The van der Waals surface area contributed by atoms with E-state index < -0.39 is 0 Å². The first-order valence-electron chi connectivity index (χ1n) is 15.4. The van der Waals surface area contributed by atoms with Crippen molar-refractivity contribution in [2.24, 2.45) is 0 Å². The fraction of sp³-hybridized carbons (Fsp3) is 0.0476. The topological polar surface area (TPSA) is 8.17 Å². The van der Waals surface area contributed by atoms with Crippen molar-refractivity contribution in [3.63, 3.8) is 0 Å². The number of anilines is 3. The van der Waals surface area contributed by atoms with Gasteiger partial charge >= 0.3 is 0 Å². The van der Waals surface area contributed by atoms with Gasteiger partial charge in [-0.3, -0.25) is 0 Å². The summed E-state index contributed by atoms with van der Waals surface area (Å²) in [4.78, 5) is 2.49. The molecule has 1 heterocycles. The molecule has 0 N–H and O–H groups in total. The third-order valence-corrected chi connectivity index (χ3v) is 9.19. The van der Waals surface area contributed by atoms with Crippen LogP contribution in [-0.4, -0.2) is 4.57 Å². The Hall–Kier alpha value is -5.60. The minimum Gasteiger partial charge on any atom is -0.311 e.